The van der Waals surface area contributed by atoms with E-state index in [9.17, 15) is 28.4 Å². The SMILES string of the molecule is CCOc1nc2[nH]cc(F)c2cc1Oc1cc(N2CCC3(CC2)CC(N2CCN(Cc4cnc(C5CC5)c(OC)c4)C[C@H]2c2ccccc2C(C)C)C3)ccc1C(=O)NS(=O)(=O)c1cnc(NCC2CCC(C)(O)CC2)c([N+](=O)[O-])c1. The average Bonchev–Trinajstić information content (AvgIpc) is 4.30. The van der Waals surface area contributed by atoms with E-state index in [4.69, 9.17) is 19.2 Å². The van der Waals surface area contributed by atoms with Gasteiger partial charge in [0.1, 0.15) is 27.9 Å². The highest BCUT2D eigenvalue weighted by molar-refractivity contribution is 7.90. The molecule has 3 aliphatic carbocycles. The van der Waals surface area contributed by atoms with Gasteiger partial charge in [-0.05, 0) is 130 Å². The van der Waals surface area contributed by atoms with Gasteiger partial charge in [-0.3, -0.25) is 29.7 Å². The highest BCUT2D eigenvalue weighted by atomic mass is 32.2. The summed E-state index contributed by atoms with van der Waals surface area (Å²) in [6, 6.07) is 18.9. The number of piperidine rings is 1. The monoisotopic (exact) mass is 1130 g/mol. The summed E-state index contributed by atoms with van der Waals surface area (Å²) in [5, 5.41) is 25.8. The molecule has 1 amide bonds. The normalized spacial score (nSPS) is 21.7. The zero-order valence-corrected chi connectivity index (χ0v) is 47.6. The minimum absolute atomic E-state index is 0.00791. The van der Waals surface area contributed by atoms with E-state index in [1.165, 1.54) is 41.7 Å². The molecule has 6 aromatic rings. The number of sulfonamides is 1. The highest BCUT2D eigenvalue weighted by Crippen LogP contribution is 2.54. The second-order valence-electron chi connectivity index (χ2n) is 23.6. The number of H-pyrrole nitrogens is 1. The highest BCUT2D eigenvalue weighted by Gasteiger charge is 2.50. The summed E-state index contributed by atoms with van der Waals surface area (Å²) >= 11 is 0. The molecule has 5 fully saturated rings. The lowest BCUT2D eigenvalue weighted by atomic mass is 9.59. The lowest BCUT2D eigenvalue weighted by molar-refractivity contribution is -0.384. The first-order valence-corrected chi connectivity index (χ1v) is 30.0. The Morgan fingerprint density at radius 2 is 1.73 bits per heavy atom. The van der Waals surface area contributed by atoms with Crippen LogP contribution in [0.3, 0.4) is 0 Å². The number of nitro groups is 1. The average molecular weight is 1130 g/mol. The maximum Gasteiger partial charge on any atom is 0.312 e. The number of nitrogens with zero attached hydrogens (tertiary/aromatic N) is 7. The predicted molar refractivity (Wildman–Crippen MR) is 305 cm³/mol. The summed E-state index contributed by atoms with van der Waals surface area (Å²) in [6.07, 6.45) is 13.2. The Morgan fingerprint density at radius 1 is 0.963 bits per heavy atom. The van der Waals surface area contributed by atoms with Crippen molar-refractivity contribution in [3.63, 3.8) is 0 Å². The van der Waals surface area contributed by atoms with Crippen molar-refractivity contribution in [1.82, 2.24) is 34.5 Å². The van der Waals surface area contributed by atoms with Gasteiger partial charge in [0.2, 0.25) is 5.82 Å². The molecule has 430 valence electrons. The number of hydrogen-bond acceptors (Lipinski definition) is 16. The van der Waals surface area contributed by atoms with Crippen molar-refractivity contribution in [3.8, 4) is 23.1 Å². The van der Waals surface area contributed by atoms with Gasteiger partial charge >= 0.3 is 5.69 Å². The number of pyridine rings is 3. The molecule has 0 radical (unpaired) electrons. The Kier molecular flexibility index (Phi) is 15.7. The van der Waals surface area contributed by atoms with Gasteiger partial charge in [0.25, 0.3) is 21.8 Å². The van der Waals surface area contributed by atoms with Crippen LogP contribution in [-0.4, -0.2) is 119 Å². The van der Waals surface area contributed by atoms with Crippen LogP contribution in [0.1, 0.15) is 143 Å². The van der Waals surface area contributed by atoms with Gasteiger partial charge in [0.15, 0.2) is 5.75 Å². The van der Waals surface area contributed by atoms with Crippen LogP contribution in [0.25, 0.3) is 11.0 Å². The van der Waals surface area contributed by atoms with Gasteiger partial charge in [-0.1, -0.05) is 38.1 Å². The maximum atomic E-state index is 15.0. The second-order valence-corrected chi connectivity index (χ2v) is 25.3. The number of methoxy groups -OCH3 is 1. The Bertz CT molecular complexity index is 3420. The third-order valence-corrected chi connectivity index (χ3v) is 18.9. The summed E-state index contributed by atoms with van der Waals surface area (Å²) in [6.45, 7) is 13.7. The fourth-order valence-electron chi connectivity index (χ4n) is 12.8. The van der Waals surface area contributed by atoms with Gasteiger partial charge < -0.3 is 34.5 Å². The van der Waals surface area contributed by atoms with Gasteiger partial charge in [-0.25, -0.2) is 22.5 Å². The molecule has 1 atom stereocenters. The fourth-order valence-corrected chi connectivity index (χ4v) is 13.7. The van der Waals surface area contributed by atoms with Crippen LogP contribution in [0.5, 0.6) is 23.1 Å². The zero-order chi connectivity index (χ0) is 56.8. The van der Waals surface area contributed by atoms with Crippen LogP contribution in [0, 0.1) is 27.3 Å². The molecule has 5 aliphatic rings. The predicted octanol–water partition coefficient (Wildman–Crippen LogP) is 10.4. The maximum absolute atomic E-state index is 15.0. The Labute approximate surface area is 472 Å². The van der Waals surface area contributed by atoms with Crippen LogP contribution in [0.4, 0.5) is 21.6 Å². The molecule has 2 aliphatic heterocycles. The third-order valence-electron chi connectivity index (χ3n) is 17.6. The van der Waals surface area contributed by atoms with Crippen LogP contribution < -0.4 is 29.1 Å². The number of nitrogens with one attached hydrogen (secondary N) is 3. The molecule has 81 heavy (non-hydrogen) atoms. The third kappa shape index (κ3) is 12.0. The largest absolute Gasteiger partial charge is 0.495 e. The number of carbonyl (C=O) groups excluding carboxylic acids is 1. The number of halogens is 1. The molecule has 3 saturated carbocycles. The fraction of sp³-hybridized carbons (Fsp3) is 0.500. The Morgan fingerprint density at radius 3 is 2.44 bits per heavy atom. The van der Waals surface area contributed by atoms with E-state index in [2.05, 4.69) is 83.9 Å². The van der Waals surface area contributed by atoms with E-state index in [1.807, 2.05) is 6.20 Å². The van der Waals surface area contributed by atoms with E-state index in [0.717, 1.165) is 101 Å². The summed E-state index contributed by atoms with van der Waals surface area (Å²) in [5.74, 6) is 0.0942. The number of rotatable bonds is 19. The standard InChI is InChI=1S/C60H73FN10O9S/c1-6-79-58-53(28-47-48(61)34-65-55(47)66-58)80-51-26-41(13-14-46(51)57(72)67-81(76,77)43-27-49(71(74)75)56(64-33-43)63-31-38-15-17-59(4,73)18-16-38)69-21-19-60(20-22-69)29-42(30-60)70-24-23-68(36-50(70)45-10-8-7-9-44(45)37(2)3)35-39-25-52(78-5)54(62-32-39)40-11-12-40/h7-10,13-14,25-28,32-34,37-38,40,42,50,73H,6,11-12,15-24,29-31,35-36H2,1-5H3,(H,63,64)(H,65,66)(H,67,72)/t38?,50-,59?/m0/s1. The first-order chi connectivity index (χ1) is 38.9. The van der Waals surface area contributed by atoms with Crippen molar-refractivity contribution in [2.24, 2.45) is 11.3 Å². The van der Waals surface area contributed by atoms with E-state index in [1.54, 1.807) is 33.1 Å². The molecule has 0 bridgehead atoms. The van der Waals surface area contributed by atoms with E-state index >= 15 is 4.39 Å². The molecular weight excluding hydrogens is 1060 g/mol. The first kappa shape index (κ1) is 55.9. The number of carbonyl (C=O) groups is 1. The molecule has 2 aromatic carbocycles. The van der Waals surface area contributed by atoms with Crippen molar-refractivity contribution < 1.29 is 41.8 Å². The second kappa shape index (κ2) is 22.8. The number of benzene rings is 2. The summed E-state index contributed by atoms with van der Waals surface area (Å²) in [5.41, 5.74) is 4.62. The minimum Gasteiger partial charge on any atom is -0.495 e. The number of ether oxygens (including phenoxy) is 3. The topological polar surface area (TPSA) is 231 Å². The molecule has 4 aromatic heterocycles. The van der Waals surface area contributed by atoms with Gasteiger partial charge in [-0.15, -0.1) is 0 Å². The van der Waals surface area contributed by atoms with E-state index in [0.29, 0.717) is 50.1 Å². The number of fused-ring (bicyclic) bond motifs is 1. The summed E-state index contributed by atoms with van der Waals surface area (Å²) in [4.78, 5) is 49.1. The molecule has 0 unspecified atom stereocenters. The molecule has 11 rings (SSSR count). The van der Waals surface area contributed by atoms with Crippen LogP contribution >= 0.6 is 0 Å². The van der Waals surface area contributed by atoms with Crippen LogP contribution in [0.2, 0.25) is 0 Å². The molecule has 6 heterocycles. The quantitative estimate of drug-likeness (QED) is 0.0436. The van der Waals surface area contributed by atoms with E-state index in [-0.39, 0.29) is 63.8 Å². The van der Waals surface area contributed by atoms with Crippen molar-refractivity contribution in [2.75, 3.05) is 63.2 Å². The van der Waals surface area contributed by atoms with Gasteiger partial charge in [0, 0.05) is 100 Å². The summed E-state index contributed by atoms with van der Waals surface area (Å²) in [7, 11) is -3.01. The first-order valence-electron chi connectivity index (χ1n) is 28.5. The number of aliphatic hydroxyl groups is 1. The lowest BCUT2D eigenvalue weighted by Crippen LogP contribution is -2.60. The van der Waals surface area contributed by atoms with Crippen LogP contribution in [-0.2, 0) is 16.6 Å². The molecule has 2 saturated heterocycles. The number of aromatic amines is 1. The Hall–Kier alpha value is -6.94. The van der Waals surface area contributed by atoms with E-state index < -0.39 is 42.9 Å². The Balaban J connectivity index is 0.804. The van der Waals surface area contributed by atoms with Gasteiger partial charge in [-0.2, -0.15) is 4.98 Å². The van der Waals surface area contributed by atoms with Crippen molar-refractivity contribution in [3.05, 3.63) is 123 Å². The van der Waals surface area contributed by atoms with Crippen molar-refractivity contribution in [2.45, 2.75) is 133 Å². The number of aromatic nitrogens is 4. The van der Waals surface area contributed by atoms with Crippen molar-refractivity contribution in [1.29, 1.82) is 0 Å². The van der Waals surface area contributed by atoms with Crippen LogP contribution in [0.15, 0.2) is 84.1 Å². The molecule has 19 nitrogen and oxygen atoms in total. The number of piperazine rings is 1. The lowest BCUT2D eigenvalue weighted by Gasteiger charge is -2.58. The molecule has 21 heteroatoms. The number of amides is 1. The smallest absolute Gasteiger partial charge is 0.312 e. The van der Waals surface area contributed by atoms with Crippen molar-refractivity contribution >= 4 is 44.2 Å². The zero-order valence-electron chi connectivity index (χ0n) is 46.8. The number of hydrogen-bond donors (Lipinski definition) is 4. The summed E-state index contributed by atoms with van der Waals surface area (Å²) < 4.78 is 63.1. The molecule has 4 N–H and O–H groups in total. The molecule has 1 spiro atoms. The minimum atomic E-state index is -4.75. The number of anilines is 2. The van der Waals surface area contributed by atoms with Gasteiger partial charge in [0.05, 0.1) is 47.1 Å². The molecular formula is C60H73FN10O9S.